The Bertz CT molecular complexity index is 475. The van der Waals surface area contributed by atoms with Crippen LogP contribution in [0.4, 0.5) is 9.59 Å². The van der Waals surface area contributed by atoms with Crippen LogP contribution in [0.1, 0.15) is 67.2 Å². The summed E-state index contributed by atoms with van der Waals surface area (Å²) in [6.45, 7) is 13.9. The molecule has 0 radical (unpaired) electrons. The van der Waals surface area contributed by atoms with Gasteiger partial charge in [0.15, 0.2) is 0 Å². The molecule has 0 rings (SSSR count). The number of amides is 2. The molecular weight excluding hydrogens is 378 g/mol. The maximum Gasteiger partial charge on any atom is 0.407 e. The van der Waals surface area contributed by atoms with Gasteiger partial charge in [-0.3, -0.25) is 4.79 Å². The molecule has 2 amide bonds. The highest BCUT2D eigenvalue weighted by Crippen LogP contribution is 2.07. The zero-order valence-corrected chi connectivity index (χ0v) is 18.8. The Labute approximate surface area is 174 Å². The van der Waals surface area contributed by atoms with E-state index >= 15 is 0 Å². The minimum absolute atomic E-state index is 0.114. The predicted molar refractivity (Wildman–Crippen MR) is 111 cm³/mol. The first-order valence-electron chi connectivity index (χ1n) is 10.2. The molecule has 9 nitrogen and oxygen atoms in total. The standard InChI is InChI=1S/C20H39N3O6/c1-19(2,3)28-17(26)21-11-8-14-23(13-7-10-16(24)25)15-9-12-22-18(27)29-20(4,5)6/h7-15H2,1-6H3,(H,21,26)(H,22,27)(H,24,25). The topological polar surface area (TPSA) is 117 Å². The van der Waals surface area contributed by atoms with Crippen molar-refractivity contribution in [2.45, 2.75) is 78.4 Å². The summed E-state index contributed by atoms with van der Waals surface area (Å²) >= 11 is 0. The Morgan fingerprint density at radius 1 is 0.759 bits per heavy atom. The van der Waals surface area contributed by atoms with Gasteiger partial charge in [-0.05, 0) is 80.4 Å². The van der Waals surface area contributed by atoms with Crippen LogP contribution >= 0.6 is 0 Å². The van der Waals surface area contributed by atoms with Crippen molar-refractivity contribution in [3.05, 3.63) is 0 Å². The number of aliphatic carboxylic acids is 1. The summed E-state index contributed by atoms with van der Waals surface area (Å²) in [5.74, 6) is -0.817. The summed E-state index contributed by atoms with van der Waals surface area (Å²) < 4.78 is 10.4. The van der Waals surface area contributed by atoms with Gasteiger partial charge < -0.3 is 30.1 Å². The second-order valence-corrected chi connectivity index (χ2v) is 8.90. The van der Waals surface area contributed by atoms with Gasteiger partial charge in [-0.25, -0.2) is 9.59 Å². The molecule has 0 aromatic carbocycles. The van der Waals surface area contributed by atoms with Crippen LogP contribution in [0.3, 0.4) is 0 Å². The monoisotopic (exact) mass is 417 g/mol. The minimum atomic E-state index is -0.817. The SMILES string of the molecule is CC(C)(C)OC(=O)NCCCN(CCCNC(=O)OC(C)(C)C)CCCC(=O)O. The van der Waals surface area contributed by atoms with Gasteiger partial charge in [-0.2, -0.15) is 0 Å². The molecular formula is C20H39N3O6. The Morgan fingerprint density at radius 2 is 1.14 bits per heavy atom. The average molecular weight is 418 g/mol. The van der Waals surface area contributed by atoms with E-state index < -0.39 is 29.4 Å². The summed E-state index contributed by atoms with van der Waals surface area (Å²) in [5.41, 5.74) is -1.07. The maximum absolute atomic E-state index is 11.7. The lowest BCUT2D eigenvalue weighted by Gasteiger charge is -2.23. The fraction of sp³-hybridized carbons (Fsp3) is 0.850. The lowest BCUT2D eigenvalue weighted by Crippen LogP contribution is -2.36. The van der Waals surface area contributed by atoms with Crippen molar-refractivity contribution < 1.29 is 29.0 Å². The van der Waals surface area contributed by atoms with E-state index in [1.807, 2.05) is 41.5 Å². The number of carbonyl (C=O) groups is 3. The Kier molecular flexibility index (Phi) is 12.3. The second kappa shape index (κ2) is 13.2. The van der Waals surface area contributed by atoms with Crippen molar-refractivity contribution in [3.8, 4) is 0 Å². The van der Waals surface area contributed by atoms with Gasteiger partial charge in [0.25, 0.3) is 0 Å². The first kappa shape index (κ1) is 27.0. The summed E-state index contributed by atoms with van der Waals surface area (Å²) in [6.07, 6.45) is 1.20. The summed E-state index contributed by atoms with van der Waals surface area (Å²) in [5, 5.41) is 14.3. The second-order valence-electron chi connectivity index (χ2n) is 8.90. The van der Waals surface area contributed by atoms with Crippen LogP contribution in [0.2, 0.25) is 0 Å². The molecule has 0 fully saturated rings. The van der Waals surface area contributed by atoms with Crippen LogP contribution in [0, 0.1) is 0 Å². The van der Waals surface area contributed by atoms with E-state index in [2.05, 4.69) is 15.5 Å². The minimum Gasteiger partial charge on any atom is -0.481 e. The number of carboxylic acid groups (broad SMARTS) is 1. The van der Waals surface area contributed by atoms with Crippen LogP contribution in [-0.2, 0) is 14.3 Å². The third-order valence-electron chi connectivity index (χ3n) is 3.50. The molecule has 0 atom stereocenters. The summed E-state index contributed by atoms with van der Waals surface area (Å²) in [7, 11) is 0. The number of carbonyl (C=O) groups excluding carboxylic acids is 2. The summed E-state index contributed by atoms with van der Waals surface area (Å²) in [4.78, 5) is 36.2. The molecule has 0 saturated carbocycles. The quantitative estimate of drug-likeness (QED) is 0.418. The van der Waals surface area contributed by atoms with Crippen LogP contribution in [-0.4, -0.2) is 72.1 Å². The average Bonchev–Trinajstić information content (AvgIpc) is 2.51. The van der Waals surface area contributed by atoms with Crippen LogP contribution in [0.25, 0.3) is 0 Å². The molecule has 0 aromatic rings. The van der Waals surface area contributed by atoms with Crippen LogP contribution in [0.15, 0.2) is 0 Å². The maximum atomic E-state index is 11.7. The number of rotatable bonds is 12. The Hall–Kier alpha value is -2.03. The third-order valence-corrected chi connectivity index (χ3v) is 3.50. The molecule has 0 aliphatic heterocycles. The molecule has 0 unspecified atom stereocenters. The van der Waals surface area contributed by atoms with Crippen molar-refractivity contribution in [1.29, 1.82) is 0 Å². The van der Waals surface area contributed by atoms with Gasteiger partial charge in [-0.15, -0.1) is 0 Å². The van der Waals surface area contributed by atoms with Gasteiger partial charge in [0, 0.05) is 19.5 Å². The molecule has 0 bridgehead atoms. The molecule has 0 aromatic heterocycles. The first-order valence-corrected chi connectivity index (χ1v) is 10.2. The van der Waals surface area contributed by atoms with Gasteiger partial charge in [0.2, 0.25) is 0 Å². The van der Waals surface area contributed by atoms with Crippen molar-refractivity contribution in [1.82, 2.24) is 15.5 Å². The van der Waals surface area contributed by atoms with E-state index in [1.54, 1.807) is 0 Å². The third kappa shape index (κ3) is 19.1. The Balaban J connectivity index is 4.22. The van der Waals surface area contributed by atoms with E-state index in [-0.39, 0.29) is 6.42 Å². The molecule has 0 aliphatic rings. The molecule has 0 spiro atoms. The van der Waals surface area contributed by atoms with Crippen molar-refractivity contribution in [3.63, 3.8) is 0 Å². The van der Waals surface area contributed by atoms with Gasteiger partial charge in [0.1, 0.15) is 11.2 Å². The number of hydrogen-bond donors (Lipinski definition) is 3. The molecule has 0 heterocycles. The largest absolute Gasteiger partial charge is 0.481 e. The lowest BCUT2D eigenvalue weighted by atomic mass is 10.2. The highest BCUT2D eigenvalue weighted by Gasteiger charge is 2.16. The highest BCUT2D eigenvalue weighted by atomic mass is 16.6. The van der Waals surface area contributed by atoms with Crippen LogP contribution in [0.5, 0.6) is 0 Å². The zero-order chi connectivity index (χ0) is 22.5. The Morgan fingerprint density at radius 3 is 1.48 bits per heavy atom. The molecule has 0 aliphatic carbocycles. The normalized spacial score (nSPS) is 11.8. The number of carboxylic acids is 1. The summed E-state index contributed by atoms with van der Waals surface area (Å²) in [6, 6.07) is 0. The molecule has 3 N–H and O–H groups in total. The molecule has 29 heavy (non-hydrogen) atoms. The number of nitrogens with zero attached hydrogens (tertiary/aromatic N) is 1. The number of nitrogens with one attached hydrogen (secondary N) is 2. The molecule has 0 saturated heterocycles. The first-order chi connectivity index (χ1) is 13.3. The number of alkyl carbamates (subject to hydrolysis) is 2. The lowest BCUT2D eigenvalue weighted by molar-refractivity contribution is -0.137. The van der Waals surface area contributed by atoms with Gasteiger partial charge in [0.05, 0.1) is 0 Å². The van der Waals surface area contributed by atoms with E-state index in [0.717, 1.165) is 0 Å². The van der Waals surface area contributed by atoms with Crippen molar-refractivity contribution >= 4 is 18.2 Å². The van der Waals surface area contributed by atoms with E-state index in [4.69, 9.17) is 14.6 Å². The number of hydrogen-bond acceptors (Lipinski definition) is 6. The van der Waals surface area contributed by atoms with Crippen molar-refractivity contribution in [2.24, 2.45) is 0 Å². The van der Waals surface area contributed by atoms with Gasteiger partial charge in [-0.1, -0.05) is 0 Å². The molecule has 9 heteroatoms. The fourth-order valence-electron chi connectivity index (χ4n) is 2.40. The van der Waals surface area contributed by atoms with Crippen LogP contribution < -0.4 is 10.6 Å². The number of ether oxygens (including phenoxy) is 2. The van der Waals surface area contributed by atoms with E-state index in [0.29, 0.717) is 52.0 Å². The fourth-order valence-corrected chi connectivity index (χ4v) is 2.40. The van der Waals surface area contributed by atoms with E-state index in [1.165, 1.54) is 0 Å². The van der Waals surface area contributed by atoms with Gasteiger partial charge >= 0.3 is 18.2 Å². The van der Waals surface area contributed by atoms with Crippen molar-refractivity contribution in [2.75, 3.05) is 32.7 Å². The molecule has 170 valence electrons. The smallest absolute Gasteiger partial charge is 0.407 e. The highest BCUT2D eigenvalue weighted by molar-refractivity contribution is 5.68. The van der Waals surface area contributed by atoms with E-state index in [9.17, 15) is 14.4 Å². The zero-order valence-electron chi connectivity index (χ0n) is 18.8. The predicted octanol–water partition coefficient (Wildman–Crippen LogP) is 2.98.